The van der Waals surface area contributed by atoms with Crippen LogP contribution in [-0.2, 0) is 9.59 Å². The molecule has 1 fully saturated rings. The smallest absolute Gasteiger partial charge is 0.234 e. The molecule has 1 unspecified atom stereocenters. The number of furan rings is 2. The van der Waals surface area contributed by atoms with E-state index in [9.17, 15) is 9.59 Å². The third-order valence-electron chi connectivity index (χ3n) is 3.79. The van der Waals surface area contributed by atoms with Crippen LogP contribution in [0.5, 0.6) is 0 Å². The van der Waals surface area contributed by atoms with Crippen molar-refractivity contribution < 1.29 is 18.4 Å². The van der Waals surface area contributed by atoms with Crippen molar-refractivity contribution in [3.63, 3.8) is 0 Å². The second-order valence-electron chi connectivity index (χ2n) is 5.00. The van der Waals surface area contributed by atoms with E-state index < -0.39 is 0 Å². The summed E-state index contributed by atoms with van der Waals surface area (Å²) in [6.07, 6.45) is 4.08. The van der Waals surface area contributed by atoms with Gasteiger partial charge in [0.1, 0.15) is 11.2 Å². The van der Waals surface area contributed by atoms with Crippen LogP contribution in [0.4, 0.5) is 0 Å². The summed E-state index contributed by atoms with van der Waals surface area (Å²) in [4.78, 5) is 23.2. The lowest BCUT2D eigenvalue weighted by molar-refractivity contribution is -0.134. The van der Waals surface area contributed by atoms with Crippen molar-refractivity contribution in [1.82, 2.24) is 5.32 Å². The summed E-state index contributed by atoms with van der Waals surface area (Å²) in [5, 5.41) is 4.19. The minimum absolute atomic E-state index is 0.215. The predicted molar refractivity (Wildman–Crippen MR) is 71.1 cm³/mol. The zero-order valence-electron chi connectivity index (χ0n) is 10.5. The van der Waals surface area contributed by atoms with Crippen molar-refractivity contribution in [2.45, 2.75) is 18.8 Å². The van der Waals surface area contributed by atoms with E-state index in [1.165, 1.54) is 0 Å². The van der Waals surface area contributed by atoms with E-state index in [2.05, 4.69) is 5.32 Å². The van der Waals surface area contributed by atoms with Crippen LogP contribution < -0.4 is 5.32 Å². The third-order valence-corrected chi connectivity index (χ3v) is 3.79. The fourth-order valence-electron chi connectivity index (χ4n) is 2.76. The average Bonchev–Trinajstić information content (AvgIpc) is 3.02. The lowest BCUT2D eigenvalue weighted by Gasteiger charge is -2.19. The molecule has 20 heavy (non-hydrogen) atoms. The van der Waals surface area contributed by atoms with Gasteiger partial charge in [-0.05, 0) is 24.6 Å². The molecule has 0 bridgehead atoms. The average molecular weight is 269 g/mol. The number of amides is 2. The van der Waals surface area contributed by atoms with Gasteiger partial charge >= 0.3 is 0 Å². The molecule has 0 saturated carbocycles. The Morgan fingerprint density at radius 3 is 2.90 bits per heavy atom. The Labute approximate surface area is 113 Å². The maximum Gasteiger partial charge on any atom is 0.234 e. The third kappa shape index (κ3) is 1.56. The number of piperidine rings is 1. The molecule has 4 rings (SSSR count). The summed E-state index contributed by atoms with van der Waals surface area (Å²) < 4.78 is 10.9. The van der Waals surface area contributed by atoms with Gasteiger partial charge in [-0.2, -0.15) is 0 Å². The largest absolute Gasteiger partial charge is 0.464 e. The number of carbonyl (C=O) groups is 2. The number of fused-ring (bicyclic) bond motifs is 2. The Kier molecular flexibility index (Phi) is 2.24. The summed E-state index contributed by atoms with van der Waals surface area (Å²) in [5.41, 5.74) is 2.29. The molecule has 0 radical (unpaired) electrons. The number of nitrogens with one attached hydrogen (secondary N) is 1. The Hall–Kier alpha value is -2.56. The van der Waals surface area contributed by atoms with Gasteiger partial charge < -0.3 is 8.83 Å². The van der Waals surface area contributed by atoms with E-state index in [1.54, 1.807) is 12.5 Å². The summed E-state index contributed by atoms with van der Waals surface area (Å²) >= 11 is 0. The quantitative estimate of drug-likeness (QED) is 0.689. The summed E-state index contributed by atoms with van der Waals surface area (Å²) in [7, 11) is 0. The van der Waals surface area contributed by atoms with Gasteiger partial charge in [-0.3, -0.25) is 14.9 Å². The number of hydrogen-bond acceptors (Lipinski definition) is 4. The number of rotatable bonds is 1. The van der Waals surface area contributed by atoms with E-state index in [4.69, 9.17) is 8.83 Å². The minimum atomic E-state index is -0.346. The first-order chi connectivity index (χ1) is 9.72. The van der Waals surface area contributed by atoms with Crippen molar-refractivity contribution in [2.24, 2.45) is 0 Å². The van der Waals surface area contributed by atoms with Crippen LogP contribution in [0, 0.1) is 0 Å². The van der Waals surface area contributed by atoms with Crippen LogP contribution in [0.15, 0.2) is 39.6 Å². The van der Waals surface area contributed by atoms with Crippen molar-refractivity contribution in [3.8, 4) is 0 Å². The van der Waals surface area contributed by atoms with E-state index in [0.717, 1.165) is 27.5 Å². The van der Waals surface area contributed by atoms with Crippen molar-refractivity contribution in [3.05, 3.63) is 36.3 Å². The van der Waals surface area contributed by atoms with Crippen LogP contribution in [0.1, 0.15) is 24.3 Å². The molecule has 0 aliphatic carbocycles. The van der Waals surface area contributed by atoms with Crippen molar-refractivity contribution >= 4 is 33.8 Å². The van der Waals surface area contributed by atoms with Gasteiger partial charge in [0, 0.05) is 22.8 Å². The zero-order chi connectivity index (χ0) is 13.7. The topological polar surface area (TPSA) is 72.5 Å². The first kappa shape index (κ1) is 11.3. The van der Waals surface area contributed by atoms with Crippen LogP contribution in [0.25, 0.3) is 21.9 Å². The fourth-order valence-corrected chi connectivity index (χ4v) is 2.76. The lowest BCUT2D eigenvalue weighted by atomic mass is 9.90. The molecule has 2 amide bonds. The highest BCUT2D eigenvalue weighted by Crippen LogP contribution is 2.34. The standard InChI is InChI=1S/C15H11NO4/c17-14-2-1-9(15(18)16-14)11-7-20-13-5-8-3-4-19-12(8)6-10(11)13/h3-7,9H,1-2H2,(H,16,17,18). The molecular formula is C15H11NO4. The van der Waals surface area contributed by atoms with E-state index >= 15 is 0 Å². The summed E-state index contributed by atoms with van der Waals surface area (Å²) in [6.45, 7) is 0. The maximum atomic E-state index is 12.0. The Morgan fingerprint density at radius 2 is 2.05 bits per heavy atom. The van der Waals surface area contributed by atoms with E-state index in [-0.39, 0.29) is 17.7 Å². The van der Waals surface area contributed by atoms with Gasteiger partial charge in [0.25, 0.3) is 0 Å². The molecule has 100 valence electrons. The highest BCUT2D eigenvalue weighted by molar-refractivity contribution is 6.04. The molecule has 5 heteroatoms. The predicted octanol–water partition coefficient (Wildman–Crippen LogP) is 2.70. The van der Waals surface area contributed by atoms with Crippen LogP contribution in [-0.4, -0.2) is 11.8 Å². The molecule has 3 aromatic rings. The molecule has 3 heterocycles. The summed E-state index contributed by atoms with van der Waals surface area (Å²) in [6, 6.07) is 5.64. The summed E-state index contributed by atoms with van der Waals surface area (Å²) in [5.74, 6) is -0.822. The van der Waals surface area contributed by atoms with Gasteiger partial charge in [0.2, 0.25) is 11.8 Å². The first-order valence-corrected chi connectivity index (χ1v) is 6.44. The van der Waals surface area contributed by atoms with Gasteiger partial charge in [-0.15, -0.1) is 0 Å². The highest BCUT2D eigenvalue weighted by atomic mass is 16.3. The van der Waals surface area contributed by atoms with Gasteiger partial charge in [-0.1, -0.05) is 0 Å². The Morgan fingerprint density at radius 1 is 1.15 bits per heavy atom. The second-order valence-corrected chi connectivity index (χ2v) is 5.00. The maximum absolute atomic E-state index is 12.0. The van der Waals surface area contributed by atoms with Gasteiger partial charge in [0.15, 0.2) is 0 Å². The SMILES string of the molecule is O=C1CCC(c2coc3cc4ccoc4cc23)C(=O)N1. The molecule has 5 nitrogen and oxygen atoms in total. The minimum Gasteiger partial charge on any atom is -0.464 e. The van der Waals surface area contributed by atoms with Gasteiger partial charge in [-0.25, -0.2) is 0 Å². The Balaban J connectivity index is 1.86. The number of carbonyl (C=O) groups excluding carboxylic acids is 2. The molecule has 1 aliphatic rings. The molecular weight excluding hydrogens is 258 g/mol. The fraction of sp³-hybridized carbons (Fsp3) is 0.200. The molecule has 2 aromatic heterocycles. The van der Waals surface area contributed by atoms with Crippen molar-refractivity contribution in [1.29, 1.82) is 0 Å². The van der Waals surface area contributed by atoms with Crippen LogP contribution in [0.2, 0.25) is 0 Å². The molecule has 1 saturated heterocycles. The highest BCUT2D eigenvalue weighted by Gasteiger charge is 2.30. The molecule has 1 N–H and O–H groups in total. The second kappa shape index (κ2) is 3.96. The number of hydrogen-bond donors (Lipinski definition) is 1. The lowest BCUT2D eigenvalue weighted by Crippen LogP contribution is -2.39. The molecule has 0 spiro atoms. The van der Waals surface area contributed by atoms with Crippen LogP contribution >= 0.6 is 0 Å². The van der Waals surface area contributed by atoms with Gasteiger partial charge in [0.05, 0.1) is 18.4 Å². The molecule has 1 atom stereocenters. The van der Waals surface area contributed by atoms with Crippen LogP contribution in [0.3, 0.4) is 0 Å². The zero-order valence-corrected chi connectivity index (χ0v) is 10.5. The van der Waals surface area contributed by atoms with E-state index in [1.807, 2.05) is 18.2 Å². The first-order valence-electron chi connectivity index (χ1n) is 6.44. The molecule has 1 aromatic carbocycles. The normalized spacial score (nSPS) is 19.7. The van der Waals surface area contributed by atoms with Crippen molar-refractivity contribution in [2.75, 3.05) is 0 Å². The number of imide groups is 1. The molecule has 1 aliphatic heterocycles. The number of benzene rings is 1. The van der Waals surface area contributed by atoms with E-state index in [0.29, 0.717) is 12.8 Å². The Bertz CT molecular complexity index is 842. The monoisotopic (exact) mass is 269 g/mol.